The van der Waals surface area contributed by atoms with E-state index in [0.29, 0.717) is 35.8 Å². The molecule has 4 rings (SSSR count). The number of hydrogen-bond acceptors (Lipinski definition) is 9. The first kappa shape index (κ1) is 21.0. The second-order valence-electron chi connectivity index (χ2n) is 7.15. The molecule has 30 heavy (non-hydrogen) atoms. The number of aliphatic hydroxyl groups excluding tert-OH is 2. The molecule has 4 atom stereocenters. The molecule has 160 valence electrons. The zero-order valence-corrected chi connectivity index (χ0v) is 17.3. The lowest BCUT2D eigenvalue weighted by Gasteiger charge is -2.16. The predicted molar refractivity (Wildman–Crippen MR) is 116 cm³/mol. The van der Waals surface area contributed by atoms with Gasteiger partial charge in [-0.3, -0.25) is 4.57 Å². The third-order valence-corrected chi connectivity index (χ3v) is 6.19. The van der Waals surface area contributed by atoms with Crippen LogP contribution in [0.1, 0.15) is 18.2 Å². The SMILES string of the molecule is NCCCSC[C@H]1O[C@@H](n2cnc3c(NCc4ccccc4)ncnc32)[C@@H](O)C1O. The molecule has 0 saturated carbocycles. The highest BCUT2D eigenvalue weighted by atomic mass is 32.2. The third-order valence-electron chi connectivity index (χ3n) is 5.05. The van der Waals surface area contributed by atoms with Crippen LogP contribution in [0, 0.1) is 0 Å². The van der Waals surface area contributed by atoms with E-state index in [2.05, 4.69) is 20.3 Å². The second kappa shape index (κ2) is 9.71. The lowest BCUT2D eigenvalue weighted by molar-refractivity contribution is -0.0289. The van der Waals surface area contributed by atoms with Crippen LogP contribution in [0.2, 0.25) is 0 Å². The lowest BCUT2D eigenvalue weighted by Crippen LogP contribution is -2.32. The van der Waals surface area contributed by atoms with Gasteiger partial charge < -0.3 is 26.0 Å². The van der Waals surface area contributed by atoms with Gasteiger partial charge in [0.2, 0.25) is 0 Å². The summed E-state index contributed by atoms with van der Waals surface area (Å²) in [5.74, 6) is 2.08. The van der Waals surface area contributed by atoms with Gasteiger partial charge in [0, 0.05) is 12.3 Å². The maximum atomic E-state index is 10.6. The molecule has 10 heteroatoms. The summed E-state index contributed by atoms with van der Waals surface area (Å²) < 4.78 is 7.63. The maximum Gasteiger partial charge on any atom is 0.167 e. The number of nitrogens with one attached hydrogen (secondary N) is 1. The van der Waals surface area contributed by atoms with E-state index in [1.54, 1.807) is 22.7 Å². The number of ether oxygens (including phenoxy) is 1. The van der Waals surface area contributed by atoms with Crippen molar-refractivity contribution in [2.24, 2.45) is 5.73 Å². The van der Waals surface area contributed by atoms with Crippen LogP contribution in [0.15, 0.2) is 43.0 Å². The van der Waals surface area contributed by atoms with E-state index in [-0.39, 0.29) is 0 Å². The van der Waals surface area contributed by atoms with E-state index in [1.807, 2.05) is 30.3 Å². The maximum absolute atomic E-state index is 10.6. The number of aliphatic hydroxyl groups is 2. The predicted octanol–water partition coefficient (Wildman–Crippen LogP) is 1.14. The number of rotatable bonds is 9. The van der Waals surface area contributed by atoms with Gasteiger partial charge >= 0.3 is 0 Å². The second-order valence-corrected chi connectivity index (χ2v) is 8.30. The van der Waals surface area contributed by atoms with Gasteiger partial charge in [0.15, 0.2) is 23.2 Å². The van der Waals surface area contributed by atoms with Crippen molar-refractivity contribution >= 4 is 28.7 Å². The summed E-state index contributed by atoms with van der Waals surface area (Å²) in [5.41, 5.74) is 7.76. The molecule has 1 saturated heterocycles. The molecule has 9 nitrogen and oxygen atoms in total. The number of nitrogens with two attached hydrogens (primary N) is 1. The summed E-state index contributed by atoms with van der Waals surface area (Å²) >= 11 is 1.65. The van der Waals surface area contributed by atoms with Crippen molar-refractivity contribution in [1.82, 2.24) is 19.5 Å². The average Bonchev–Trinajstić information content (AvgIpc) is 3.32. The fourth-order valence-corrected chi connectivity index (χ4v) is 4.48. The summed E-state index contributed by atoms with van der Waals surface area (Å²) in [7, 11) is 0. The first-order chi connectivity index (χ1) is 14.7. The van der Waals surface area contributed by atoms with E-state index in [4.69, 9.17) is 10.5 Å². The number of aromatic nitrogens is 4. The van der Waals surface area contributed by atoms with Crippen LogP contribution >= 0.6 is 11.8 Å². The molecule has 1 unspecified atom stereocenters. The first-order valence-electron chi connectivity index (χ1n) is 9.93. The normalized spacial score (nSPS) is 23.8. The molecule has 1 fully saturated rings. The van der Waals surface area contributed by atoms with Crippen LogP contribution in [-0.4, -0.2) is 66.1 Å². The van der Waals surface area contributed by atoms with E-state index in [9.17, 15) is 10.2 Å². The van der Waals surface area contributed by atoms with Gasteiger partial charge in [0.05, 0.1) is 12.4 Å². The molecule has 0 amide bonds. The molecule has 0 radical (unpaired) electrons. The minimum Gasteiger partial charge on any atom is -0.387 e. The van der Waals surface area contributed by atoms with Crippen molar-refractivity contribution in [3.8, 4) is 0 Å². The number of benzene rings is 1. The van der Waals surface area contributed by atoms with Crippen LogP contribution in [-0.2, 0) is 11.3 Å². The van der Waals surface area contributed by atoms with Crippen molar-refractivity contribution in [1.29, 1.82) is 0 Å². The van der Waals surface area contributed by atoms with Crippen molar-refractivity contribution in [2.45, 2.75) is 37.5 Å². The molecule has 5 N–H and O–H groups in total. The van der Waals surface area contributed by atoms with Crippen LogP contribution < -0.4 is 11.1 Å². The lowest BCUT2D eigenvalue weighted by atomic mass is 10.1. The fraction of sp³-hybridized carbons (Fsp3) is 0.450. The number of imidazole rings is 1. The largest absolute Gasteiger partial charge is 0.387 e. The summed E-state index contributed by atoms with van der Waals surface area (Å²) in [5, 5.41) is 24.3. The Kier molecular flexibility index (Phi) is 6.80. The quantitative estimate of drug-likeness (QED) is 0.369. The molecule has 3 aromatic rings. The minimum absolute atomic E-state index is 0.470. The van der Waals surface area contributed by atoms with Crippen LogP contribution in [0.4, 0.5) is 5.82 Å². The molecule has 0 bridgehead atoms. The zero-order valence-electron chi connectivity index (χ0n) is 16.5. The summed E-state index contributed by atoms with van der Waals surface area (Å²) in [6.45, 7) is 1.23. The molecular weight excluding hydrogens is 404 g/mol. The molecule has 1 aliphatic rings. The Morgan fingerprint density at radius 3 is 2.77 bits per heavy atom. The number of nitrogens with zero attached hydrogens (tertiary/aromatic N) is 4. The van der Waals surface area contributed by atoms with Crippen LogP contribution in [0.25, 0.3) is 11.2 Å². The Morgan fingerprint density at radius 2 is 1.97 bits per heavy atom. The van der Waals surface area contributed by atoms with Gasteiger partial charge in [0.1, 0.15) is 18.5 Å². The van der Waals surface area contributed by atoms with Crippen molar-refractivity contribution in [3.63, 3.8) is 0 Å². The molecule has 2 aromatic heterocycles. The molecular formula is C20H26N6O3S. The monoisotopic (exact) mass is 430 g/mol. The van der Waals surface area contributed by atoms with E-state index in [0.717, 1.165) is 17.7 Å². The Labute approximate surface area is 178 Å². The topological polar surface area (TPSA) is 131 Å². The summed E-state index contributed by atoms with van der Waals surface area (Å²) in [6, 6.07) is 9.99. The average molecular weight is 431 g/mol. The minimum atomic E-state index is -1.07. The first-order valence-corrected chi connectivity index (χ1v) is 11.1. The van der Waals surface area contributed by atoms with Crippen molar-refractivity contribution < 1.29 is 14.9 Å². The zero-order chi connectivity index (χ0) is 20.9. The molecule has 3 heterocycles. The molecule has 0 aliphatic carbocycles. The number of thioether (sulfide) groups is 1. The number of fused-ring (bicyclic) bond motifs is 1. The van der Waals surface area contributed by atoms with Gasteiger partial charge in [-0.15, -0.1) is 0 Å². The van der Waals surface area contributed by atoms with Gasteiger partial charge in [-0.05, 0) is 24.3 Å². The highest BCUT2D eigenvalue weighted by Gasteiger charge is 2.44. The Balaban J connectivity index is 1.49. The Morgan fingerprint density at radius 1 is 1.13 bits per heavy atom. The molecule has 1 aliphatic heterocycles. The van der Waals surface area contributed by atoms with Gasteiger partial charge in [-0.25, -0.2) is 15.0 Å². The Bertz CT molecular complexity index is 956. The smallest absolute Gasteiger partial charge is 0.167 e. The number of hydrogen-bond donors (Lipinski definition) is 4. The van der Waals surface area contributed by atoms with Gasteiger partial charge in [0.25, 0.3) is 0 Å². The molecule has 0 spiro atoms. The summed E-state index contributed by atoms with van der Waals surface area (Å²) in [4.78, 5) is 13.1. The fourth-order valence-electron chi connectivity index (χ4n) is 3.43. The summed E-state index contributed by atoms with van der Waals surface area (Å²) in [6.07, 6.45) is 0.642. The van der Waals surface area contributed by atoms with Gasteiger partial charge in [-0.2, -0.15) is 11.8 Å². The van der Waals surface area contributed by atoms with Crippen molar-refractivity contribution in [3.05, 3.63) is 48.5 Å². The molecule has 1 aromatic carbocycles. The number of anilines is 1. The van der Waals surface area contributed by atoms with E-state index >= 15 is 0 Å². The van der Waals surface area contributed by atoms with Crippen molar-refractivity contribution in [2.75, 3.05) is 23.4 Å². The van der Waals surface area contributed by atoms with Crippen LogP contribution in [0.3, 0.4) is 0 Å². The van der Waals surface area contributed by atoms with Gasteiger partial charge in [-0.1, -0.05) is 30.3 Å². The standard InChI is InChI=1S/C20H26N6O3S/c21-7-4-8-30-10-14-16(27)17(28)20(29-14)26-12-25-15-18(23-11-24-19(15)26)22-9-13-5-2-1-3-6-13/h1-3,5-6,11-12,14,16-17,20,27-28H,4,7-10,21H2,(H,22,23,24)/t14-,16?,17+,20-/m1/s1. The van der Waals surface area contributed by atoms with E-state index in [1.165, 1.54) is 6.33 Å². The Hall–Kier alpha value is -2.24. The van der Waals surface area contributed by atoms with Crippen LogP contribution in [0.5, 0.6) is 0 Å². The van der Waals surface area contributed by atoms with E-state index < -0.39 is 24.5 Å². The highest BCUT2D eigenvalue weighted by Crippen LogP contribution is 2.33. The highest BCUT2D eigenvalue weighted by molar-refractivity contribution is 7.99. The third kappa shape index (κ3) is 4.42.